The van der Waals surface area contributed by atoms with Gasteiger partial charge in [0.15, 0.2) is 23.3 Å². The molecule has 0 atom stereocenters. The van der Waals surface area contributed by atoms with E-state index in [0.717, 1.165) is 10.0 Å². The summed E-state index contributed by atoms with van der Waals surface area (Å²) in [5.74, 6) is -2.01. The highest BCUT2D eigenvalue weighted by Gasteiger charge is 2.09. The van der Waals surface area contributed by atoms with E-state index in [9.17, 15) is 8.78 Å². The Labute approximate surface area is 111 Å². The molecule has 2 rings (SSSR count). The van der Waals surface area contributed by atoms with Gasteiger partial charge < -0.3 is 11.1 Å². The van der Waals surface area contributed by atoms with Crippen LogP contribution in [0.2, 0.25) is 0 Å². The van der Waals surface area contributed by atoms with Crippen molar-refractivity contribution in [3.8, 4) is 0 Å². The van der Waals surface area contributed by atoms with E-state index in [1.54, 1.807) is 0 Å². The van der Waals surface area contributed by atoms with Gasteiger partial charge in [-0.1, -0.05) is 28.1 Å². The van der Waals surface area contributed by atoms with Crippen molar-refractivity contribution in [2.75, 3.05) is 11.1 Å². The van der Waals surface area contributed by atoms with E-state index in [1.807, 2.05) is 24.3 Å². The minimum atomic E-state index is -0.861. The first-order valence-corrected chi connectivity index (χ1v) is 5.95. The Balaban J connectivity index is 2.13. The second-order valence-electron chi connectivity index (χ2n) is 3.67. The molecule has 1 heterocycles. The molecule has 0 saturated heterocycles. The third-order valence-corrected chi connectivity index (χ3v) is 2.80. The molecule has 6 heteroatoms. The molecule has 0 fully saturated rings. The van der Waals surface area contributed by atoms with Crippen molar-refractivity contribution in [2.24, 2.45) is 0 Å². The Bertz CT molecular complexity index is 575. The Kier molecular flexibility index (Phi) is 3.76. The van der Waals surface area contributed by atoms with Gasteiger partial charge in [0, 0.05) is 17.1 Å². The van der Waals surface area contributed by atoms with Gasteiger partial charge in [0.05, 0.1) is 0 Å². The SMILES string of the molecule is Nc1nc(NCc2cccc(Br)c2)c(F)cc1F. The predicted molar refractivity (Wildman–Crippen MR) is 70.0 cm³/mol. The number of halogens is 3. The number of anilines is 2. The molecule has 3 N–H and O–H groups in total. The Morgan fingerprint density at radius 1 is 1.22 bits per heavy atom. The fourth-order valence-electron chi connectivity index (χ4n) is 1.44. The van der Waals surface area contributed by atoms with E-state index < -0.39 is 11.6 Å². The fraction of sp³-hybridized carbons (Fsp3) is 0.0833. The topological polar surface area (TPSA) is 50.9 Å². The van der Waals surface area contributed by atoms with Crippen molar-refractivity contribution in [1.82, 2.24) is 4.98 Å². The van der Waals surface area contributed by atoms with Gasteiger partial charge in [-0.05, 0) is 17.7 Å². The summed E-state index contributed by atoms with van der Waals surface area (Å²) < 4.78 is 27.2. The lowest BCUT2D eigenvalue weighted by Gasteiger charge is -2.08. The van der Waals surface area contributed by atoms with Crippen LogP contribution in [0.5, 0.6) is 0 Å². The lowest BCUT2D eigenvalue weighted by atomic mass is 10.2. The maximum Gasteiger partial charge on any atom is 0.168 e. The van der Waals surface area contributed by atoms with Crippen molar-refractivity contribution in [3.05, 3.63) is 52.0 Å². The quantitative estimate of drug-likeness (QED) is 0.914. The summed E-state index contributed by atoms with van der Waals surface area (Å²) in [6, 6.07) is 8.23. The van der Waals surface area contributed by atoms with E-state index in [2.05, 4.69) is 26.2 Å². The van der Waals surface area contributed by atoms with Crippen LogP contribution in [0.25, 0.3) is 0 Å². The third kappa shape index (κ3) is 2.95. The van der Waals surface area contributed by atoms with E-state index in [-0.39, 0.29) is 11.6 Å². The first-order chi connectivity index (χ1) is 8.56. The van der Waals surface area contributed by atoms with Gasteiger partial charge in [-0.15, -0.1) is 0 Å². The van der Waals surface area contributed by atoms with Crippen molar-refractivity contribution in [2.45, 2.75) is 6.54 Å². The number of nitrogens with one attached hydrogen (secondary N) is 1. The molecule has 0 aliphatic carbocycles. The second-order valence-corrected chi connectivity index (χ2v) is 4.59. The fourth-order valence-corrected chi connectivity index (χ4v) is 1.88. The van der Waals surface area contributed by atoms with Crippen molar-refractivity contribution < 1.29 is 8.78 Å². The van der Waals surface area contributed by atoms with E-state index in [0.29, 0.717) is 12.6 Å². The zero-order chi connectivity index (χ0) is 13.1. The summed E-state index contributed by atoms with van der Waals surface area (Å²) in [4.78, 5) is 3.61. The second kappa shape index (κ2) is 5.30. The number of benzene rings is 1. The molecule has 3 nitrogen and oxygen atoms in total. The van der Waals surface area contributed by atoms with E-state index in [4.69, 9.17) is 5.73 Å². The molecule has 18 heavy (non-hydrogen) atoms. The van der Waals surface area contributed by atoms with Gasteiger partial charge in [0.2, 0.25) is 0 Å². The normalized spacial score (nSPS) is 10.4. The van der Waals surface area contributed by atoms with E-state index >= 15 is 0 Å². The summed E-state index contributed by atoms with van der Waals surface area (Å²) >= 11 is 3.34. The number of nitrogens with zero attached hydrogens (tertiary/aromatic N) is 1. The molecular formula is C12H10BrF2N3. The maximum atomic E-state index is 13.4. The molecule has 1 aromatic heterocycles. The van der Waals surface area contributed by atoms with Crippen LogP contribution in [0.4, 0.5) is 20.4 Å². The van der Waals surface area contributed by atoms with Crippen LogP contribution >= 0.6 is 15.9 Å². The minimum absolute atomic E-state index is 0.0612. The van der Waals surface area contributed by atoms with Crippen LogP contribution in [0, 0.1) is 11.6 Å². The molecule has 0 bridgehead atoms. The van der Waals surface area contributed by atoms with Crippen molar-refractivity contribution in [1.29, 1.82) is 0 Å². The third-order valence-electron chi connectivity index (χ3n) is 2.31. The van der Waals surface area contributed by atoms with Crippen molar-refractivity contribution >= 4 is 27.6 Å². The number of aromatic nitrogens is 1. The van der Waals surface area contributed by atoms with E-state index in [1.165, 1.54) is 0 Å². The van der Waals surface area contributed by atoms with Crippen LogP contribution in [-0.2, 0) is 6.54 Å². The molecule has 2 aromatic rings. The summed E-state index contributed by atoms with van der Waals surface area (Å²) in [5, 5.41) is 2.77. The highest BCUT2D eigenvalue weighted by molar-refractivity contribution is 9.10. The van der Waals surface area contributed by atoms with Crippen LogP contribution in [0.15, 0.2) is 34.8 Å². The molecule has 0 saturated carbocycles. The number of hydrogen-bond donors (Lipinski definition) is 2. The highest BCUT2D eigenvalue weighted by Crippen LogP contribution is 2.18. The van der Waals surface area contributed by atoms with Crippen molar-refractivity contribution in [3.63, 3.8) is 0 Å². The largest absolute Gasteiger partial charge is 0.381 e. The molecule has 0 aliphatic rings. The predicted octanol–water partition coefficient (Wildman–Crippen LogP) is 3.32. The Morgan fingerprint density at radius 2 is 2.00 bits per heavy atom. The van der Waals surface area contributed by atoms with Gasteiger partial charge in [-0.3, -0.25) is 0 Å². The van der Waals surface area contributed by atoms with Crippen LogP contribution < -0.4 is 11.1 Å². The number of nitrogen functional groups attached to an aromatic ring is 1. The van der Waals surface area contributed by atoms with Crippen LogP contribution in [0.3, 0.4) is 0 Å². The van der Waals surface area contributed by atoms with Gasteiger partial charge >= 0.3 is 0 Å². The average Bonchev–Trinajstić information content (AvgIpc) is 2.32. The summed E-state index contributed by atoms with van der Waals surface area (Å²) in [5.41, 5.74) is 6.22. The smallest absolute Gasteiger partial charge is 0.168 e. The number of rotatable bonds is 3. The molecule has 0 aliphatic heterocycles. The number of hydrogen-bond acceptors (Lipinski definition) is 3. The molecule has 0 unspecified atom stereocenters. The van der Waals surface area contributed by atoms with Gasteiger partial charge in [0.1, 0.15) is 0 Å². The van der Waals surface area contributed by atoms with Gasteiger partial charge in [0.25, 0.3) is 0 Å². The molecule has 0 spiro atoms. The van der Waals surface area contributed by atoms with Gasteiger partial charge in [-0.2, -0.15) is 0 Å². The number of pyridine rings is 1. The summed E-state index contributed by atoms with van der Waals surface area (Å²) in [6.07, 6.45) is 0. The Morgan fingerprint density at radius 3 is 2.72 bits per heavy atom. The zero-order valence-corrected chi connectivity index (χ0v) is 10.8. The highest BCUT2D eigenvalue weighted by atomic mass is 79.9. The summed E-state index contributed by atoms with van der Waals surface area (Å²) in [6.45, 7) is 0.369. The standard InChI is InChI=1S/C12H10BrF2N3/c13-8-3-1-2-7(4-8)6-17-12-10(15)5-9(14)11(16)18-12/h1-5H,6H2,(H3,16,17,18). The summed E-state index contributed by atoms with van der Waals surface area (Å²) in [7, 11) is 0. The Hall–Kier alpha value is -1.69. The monoisotopic (exact) mass is 313 g/mol. The lowest BCUT2D eigenvalue weighted by Crippen LogP contribution is -2.06. The van der Waals surface area contributed by atoms with Gasteiger partial charge in [-0.25, -0.2) is 13.8 Å². The van der Waals surface area contributed by atoms with Crippen LogP contribution in [-0.4, -0.2) is 4.98 Å². The first kappa shape index (κ1) is 12.8. The van der Waals surface area contributed by atoms with Crippen LogP contribution in [0.1, 0.15) is 5.56 Å². The minimum Gasteiger partial charge on any atom is -0.381 e. The molecular weight excluding hydrogens is 304 g/mol. The average molecular weight is 314 g/mol. The molecule has 0 amide bonds. The lowest BCUT2D eigenvalue weighted by molar-refractivity contribution is 0.579. The molecule has 94 valence electrons. The molecule has 1 aromatic carbocycles. The maximum absolute atomic E-state index is 13.4. The first-order valence-electron chi connectivity index (χ1n) is 5.16. The molecule has 0 radical (unpaired) electrons. The number of nitrogens with two attached hydrogens (primary N) is 1. The zero-order valence-electron chi connectivity index (χ0n) is 9.25.